The van der Waals surface area contributed by atoms with Crippen LogP contribution in [0.2, 0.25) is 0 Å². The molecular formula is C25H28N2O4S2. The van der Waals surface area contributed by atoms with Crippen LogP contribution in [0.4, 0.5) is 0 Å². The van der Waals surface area contributed by atoms with Crippen molar-refractivity contribution in [2.24, 2.45) is 0 Å². The Hall–Kier alpha value is -2.84. The first-order valence-corrected chi connectivity index (χ1v) is 11.7. The second-order valence-corrected chi connectivity index (χ2v) is 10.2. The summed E-state index contributed by atoms with van der Waals surface area (Å²) < 4.78 is 11.0. The molecule has 174 valence electrons. The third kappa shape index (κ3) is 5.94. The smallest absolute Gasteiger partial charge is 0.266 e. The first-order valence-electron chi connectivity index (χ1n) is 10.5. The van der Waals surface area contributed by atoms with Crippen LogP contribution in [0.3, 0.4) is 0 Å². The number of benzene rings is 2. The molecule has 1 saturated heterocycles. The van der Waals surface area contributed by atoms with E-state index in [1.807, 2.05) is 57.2 Å². The SMILES string of the molecule is COc1ccc(/C=C2\SC(=S)N(CC(=O)N(Cc3ccccc3)C(C)(C)C)C2=O)cc1OC. The van der Waals surface area contributed by atoms with Gasteiger partial charge in [-0.25, -0.2) is 0 Å². The van der Waals surface area contributed by atoms with Gasteiger partial charge in [0.1, 0.15) is 10.9 Å². The van der Waals surface area contributed by atoms with Crippen LogP contribution in [-0.4, -0.2) is 52.2 Å². The number of nitrogens with zero attached hydrogens (tertiary/aromatic N) is 2. The minimum absolute atomic E-state index is 0.0992. The van der Waals surface area contributed by atoms with Gasteiger partial charge in [0.25, 0.3) is 5.91 Å². The maximum Gasteiger partial charge on any atom is 0.266 e. The summed E-state index contributed by atoms with van der Waals surface area (Å²) in [4.78, 5) is 30.0. The van der Waals surface area contributed by atoms with Crippen LogP contribution in [0, 0.1) is 0 Å². The zero-order valence-electron chi connectivity index (χ0n) is 19.5. The largest absolute Gasteiger partial charge is 0.493 e. The number of amides is 2. The van der Waals surface area contributed by atoms with E-state index in [0.717, 1.165) is 11.1 Å². The molecule has 0 aromatic heterocycles. The van der Waals surface area contributed by atoms with E-state index < -0.39 is 5.54 Å². The fourth-order valence-corrected chi connectivity index (χ4v) is 4.67. The van der Waals surface area contributed by atoms with Crippen molar-refractivity contribution in [3.05, 3.63) is 64.6 Å². The van der Waals surface area contributed by atoms with Crippen molar-refractivity contribution in [3.8, 4) is 11.5 Å². The molecule has 0 radical (unpaired) electrons. The summed E-state index contributed by atoms with van der Waals surface area (Å²) in [7, 11) is 3.13. The molecule has 2 aromatic carbocycles. The van der Waals surface area contributed by atoms with Gasteiger partial charge in [-0.1, -0.05) is 60.4 Å². The van der Waals surface area contributed by atoms with E-state index in [0.29, 0.717) is 27.3 Å². The van der Waals surface area contributed by atoms with Crippen molar-refractivity contribution in [2.75, 3.05) is 20.8 Å². The summed E-state index contributed by atoms with van der Waals surface area (Å²) in [6.45, 7) is 6.30. The highest BCUT2D eigenvalue weighted by molar-refractivity contribution is 8.26. The quantitative estimate of drug-likeness (QED) is 0.418. The molecule has 0 N–H and O–H groups in total. The summed E-state index contributed by atoms with van der Waals surface area (Å²) >= 11 is 6.63. The Kier molecular flexibility index (Phi) is 7.81. The molecule has 2 amide bonds. The van der Waals surface area contributed by atoms with Crippen molar-refractivity contribution in [2.45, 2.75) is 32.9 Å². The topological polar surface area (TPSA) is 59.1 Å². The summed E-state index contributed by atoms with van der Waals surface area (Å²) in [5, 5.41) is 0. The molecule has 0 unspecified atom stereocenters. The highest BCUT2D eigenvalue weighted by Crippen LogP contribution is 2.35. The Bertz CT molecular complexity index is 1080. The van der Waals surface area contributed by atoms with Gasteiger partial charge in [0.2, 0.25) is 5.91 Å². The molecular weight excluding hydrogens is 456 g/mol. The monoisotopic (exact) mass is 484 g/mol. The maximum absolute atomic E-state index is 13.3. The van der Waals surface area contributed by atoms with E-state index in [1.165, 1.54) is 16.7 Å². The third-order valence-electron chi connectivity index (χ3n) is 5.17. The molecule has 3 rings (SSSR count). The van der Waals surface area contributed by atoms with Gasteiger partial charge in [-0.2, -0.15) is 0 Å². The number of carbonyl (C=O) groups is 2. The number of hydrogen-bond donors (Lipinski definition) is 0. The standard InChI is InChI=1S/C25H28N2O4S2/c1-25(2,3)27(15-17-9-7-6-8-10-17)22(28)16-26-23(29)21(33-24(26)32)14-18-11-12-19(30-4)20(13-18)31-5/h6-14H,15-16H2,1-5H3/b21-14-. The zero-order chi connectivity index (χ0) is 24.2. The van der Waals surface area contributed by atoms with Crippen LogP contribution in [0.15, 0.2) is 53.4 Å². The average Bonchev–Trinajstić information content (AvgIpc) is 3.04. The molecule has 33 heavy (non-hydrogen) atoms. The molecule has 0 saturated carbocycles. The predicted octanol–water partition coefficient (Wildman–Crippen LogP) is 4.73. The number of methoxy groups -OCH3 is 2. The minimum Gasteiger partial charge on any atom is -0.493 e. The van der Waals surface area contributed by atoms with Crippen LogP contribution >= 0.6 is 24.0 Å². The number of thiocarbonyl (C=S) groups is 1. The van der Waals surface area contributed by atoms with E-state index in [4.69, 9.17) is 21.7 Å². The Balaban J connectivity index is 1.78. The van der Waals surface area contributed by atoms with Crippen molar-refractivity contribution < 1.29 is 19.1 Å². The highest BCUT2D eigenvalue weighted by atomic mass is 32.2. The second-order valence-electron chi connectivity index (χ2n) is 8.52. The maximum atomic E-state index is 13.3. The predicted molar refractivity (Wildman–Crippen MR) is 136 cm³/mol. The molecule has 0 aliphatic carbocycles. The Morgan fingerprint density at radius 3 is 2.36 bits per heavy atom. The van der Waals surface area contributed by atoms with Gasteiger partial charge in [0, 0.05) is 12.1 Å². The fourth-order valence-electron chi connectivity index (χ4n) is 3.42. The normalized spacial score (nSPS) is 15.2. The number of hydrogen-bond acceptors (Lipinski definition) is 6. The van der Waals surface area contributed by atoms with Gasteiger partial charge in [0.05, 0.1) is 19.1 Å². The van der Waals surface area contributed by atoms with Crippen LogP contribution in [0.25, 0.3) is 6.08 Å². The third-order valence-corrected chi connectivity index (χ3v) is 6.54. The van der Waals surface area contributed by atoms with Gasteiger partial charge < -0.3 is 14.4 Å². The molecule has 0 bridgehead atoms. The molecule has 2 aromatic rings. The van der Waals surface area contributed by atoms with Crippen LogP contribution in [-0.2, 0) is 16.1 Å². The molecule has 1 aliphatic heterocycles. The lowest BCUT2D eigenvalue weighted by atomic mass is 10.0. The lowest BCUT2D eigenvalue weighted by molar-refractivity contribution is -0.140. The Labute approximate surface area is 204 Å². The highest BCUT2D eigenvalue weighted by Gasteiger charge is 2.36. The van der Waals surface area contributed by atoms with Crippen LogP contribution < -0.4 is 9.47 Å². The van der Waals surface area contributed by atoms with E-state index in [9.17, 15) is 9.59 Å². The molecule has 1 heterocycles. The van der Waals surface area contributed by atoms with Crippen LogP contribution in [0.5, 0.6) is 11.5 Å². The number of rotatable bonds is 7. The van der Waals surface area contributed by atoms with Gasteiger partial charge in [0.15, 0.2) is 11.5 Å². The molecule has 0 atom stereocenters. The lowest BCUT2D eigenvalue weighted by Crippen LogP contribution is -2.49. The van der Waals surface area contributed by atoms with Crippen molar-refractivity contribution in [1.82, 2.24) is 9.80 Å². The fraction of sp³-hybridized carbons (Fsp3) is 0.320. The number of carbonyl (C=O) groups excluding carboxylic acids is 2. The molecule has 8 heteroatoms. The molecule has 0 spiro atoms. The summed E-state index contributed by atoms with van der Waals surface area (Å²) in [5.41, 5.74) is 1.39. The molecule has 1 fully saturated rings. The summed E-state index contributed by atoms with van der Waals surface area (Å²) in [6, 6.07) is 15.2. The van der Waals surface area contributed by atoms with E-state index in [2.05, 4.69) is 0 Å². The second kappa shape index (κ2) is 10.4. The summed E-state index contributed by atoms with van der Waals surface area (Å²) in [6.07, 6.45) is 1.75. The van der Waals surface area contributed by atoms with E-state index in [1.54, 1.807) is 37.3 Å². The molecule has 6 nitrogen and oxygen atoms in total. The summed E-state index contributed by atoms with van der Waals surface area (Å²) in [5.74, 6) is 0.740. The average molecular weight is 485 g/mol. The van der Waals surface area contributed by atoms with Crippen molar-refractivity contribution in [1.29, 1.82) is 0 Å². The van der Waals surface area contributed by atoms with Gasteiger partial charge in [-0.3, -0.25) is 14.5 Å². The van der Waals surface area contributed by atoms with E-state index in [-0.39, 0.29) is 18.4 Å². The Morgan fingerprint density at radius 1 is 1.09 bits per heavy atom. The van der Waals surface area contributed by atoms with Gasteiger partial charge in [-0.15, -0.1) is 0 Å². The minimum atomic E-state index is -0.414. The molecule has 1 aliphatic rings. The first kappa shape index (κ1) is 24.8. The van der Waals surface area contributed by atoms with Crippen LogP contribution in [0.1, 0.15) is 31.9 Å². The van der Waals surface area contributed by atoms with E-state index >= 15 is 0 Å². The first-order chi connectivity index (χ1) is 15.6. The number of ether oxygens (including phenoxy) is 2. The van der Waals surface area contributed by atoms with Gasteiger partial charge in [-0.05, 0) is 50.1 Å². The van der Waals surface area contributed by atoms with Crippen molar-refractivity contribution in [3.63, 3.8) is 0 Å². The van der Waals surface area contributed by atoms with Gasteiger partial charge >= 0.3 is 0 Å². The van der Waals surface area contributed by atoms with Crippen molar-refractivity contribution >= 4 is 46.2 Å². The number of thioether (sulfide) groups is 1. The lowest BCUT2D eigenvalue weighted by Gasteiger charge is -2.36. The Morgan fingerprint density at radius 2 is 1.76 bits per heavy atom. The zero-order valence-corrected chi connectivity index (χ0v) is 21.1.